The predicted molar refractivity (Wildman–Crippen MR) is 110 cm³/mol. The Labute approximate surface area is 161 Å². The molecule has 1 aromatic carbocycles. The third-order valence-corrected chi connectivity index (χ3v) is 3.52. The summed E-state index contributed by atoms with van der Waals surface area (Å²) in [6.07, 6.45) is 3.30. The van der Waals surface area contributed by atoms with Crippen molar-refractivity contribution in [3.63, 3.8) is 0 Å². The molecular formula is C17H27ClIN3O. The highest BCUT2D eigenvalue weighted by Gasteiger charge is 2.09. The zero-order valence-corrected chi connectivity index (χ0v) is 16.9. The van der Waals surface area contributed by atoms with Crippen LogP contribution in [-0.4, -0.2) is 42.6 Å². The maximum atomic E-state index is 10.2. The van der Waals surface area contributed by atoms with Crippen LogP contribution in [0.25, 0.3) is 0 Å². The molecule has 0 aromatic heterocycles. The molecule has 23 heavy (non-hydrogen) atoms. The predicted octanol–water partition coefficient (Wildman–Crippen LogP) is 3.85. The topological polar surface area (TPSA) is 47.9 Å². The Kier molecular flexibility index (Phi) is 12.2. The van der Waals surface area contributed by atoms with E-state index in [2.05, 4.69) is 21.8 Å². The first-order chi connectivity index (χ1) is 10.6. The SMILES string of the molecule is C=CCCCN(C)C(=NCC(O)c1ccc(Cl)cc1)NCC.I. The molecule has 130 valence electrons. The molecule has 0 amide bonds. The number of rotatable bonds is 8. The van der Waals surface area contributed by atoms with Crippen molar-refractivity contribution in [2.45, 2.75) is 25.9 Å². The van der Waals surface area contributed by atoms with Crippen LogP contribution >= 0.6 is 35.6 Å². The van der Waals surface area contributed by atoms with Crippen LogP contribution in [0.3, 0.4) is 0 Å². The monoisotopic (exact) mass is 451 g/mol. The number of nitrogens with one attached hydrogen (secondary N) is 1. The van der Waals surface area contributed by atoms with Crippen LogP contribution in [0.15, 0.2) is 41.9 Å². The molecule has 0 saturated carbocycles. The largest absolute Gasteiger partial charge is 0.386 e. The van der Waals surface area contributed by atoms with Gasteiger partial charge in [-0.25, -0.2) is 0 Å². The maximum absolute atomic E-state index is 10.2. The van der Waals surface area contributed by atoms with Crippen molar-refractivity contribution >= 4 is 41.5 Å². The van der Waals surface area contributed by atoms with Crippen molar-refractivity contribution in [2.24, 2.45) is 4.99 Å². The Bertz CT molecular complexity index is 479. The van der Waals surface area contributed by atoms with Gasteiger partial charge in [0.2, 0.25) is 0 Å². The van der Waals surface area contributed by atoms with Crippen molar-refractivity contribution in [1.82, 2.24) is 10.2 Å². The number of aliphatic hydroxyl groups is 1. The molecular weight excluding hydrogens is 425 g/mol. The standard InChI is InChI=1S/C17H26ClN3O.HI/c1-4-6-7-12-21(3)17(19-5-2)20-13-16(22)14-8-10-15(18)11-9-14;/h4,8-11,16,22H,1,5-7,12-13H2,2-3H3,(H,19,20);1H. The van der Waals surface area contributed by atoms with Crippen molar-refractivity contribution < 1.29 is 5.11 Å². The van der Waals surface area contributed by atoms with Gasteiger partial charge in [0.15, 0.2) is 5.96 Å². The zero-order valence-electron chi connectivity index (χ0n) is 13.8. The number of nitrogens with zero attached hydrogens (tertiary/aromatic N) is 2. The number of hydrogen-bond donors (Lipinski definition) is 2. The number of guanidine groups is 1. The Hall–Kier alpha value is -0.790. The van der Waals surface area contributed by atoms with Crippen LogP contribution in [-0.2, 0) is 0 Å². The first-order valence-corrected chi connectivity index (χ1v) is 8.00. The van der Waals surface area contributed by atoms with Gasteiger partial charge in [-0.2, -0.15) is 0 Å². The van der Waals surface area contributed by atoms with Crippen LogP contribution in [0.5, 0.6) is 0 Å². The molecule has 1 atom stereocenters. The van der Waals surface area contributed by atoms with Crippen LogP contribution in [0.2, 0.25) is 5.02 Å². The van der Waals surface area contributed by atoms with Gasteiger partial charge in [-0.1, -0.05) is 29.8 Å². The van der Waals surface area contributed by atoms with Gasteiger partial charge in [0.05, 0.1) is 12.6 Å². The number of benzene rings is 1. The van der Waals surface area contributed by atoms with Crippen LogP contribution < -0.4 is 5.32 Å². The van der Waals surface area contributed by atoms with E-state index in [1.165, 1.54) is 0 Å². The summed E-state index contributed by atoms with van der Waals surface area (Å²) in [6, 6.07) is 7.19. The van der Waals surface area contributed by atoms with Crippen molar-refractivity contribution in [3.05, 3.63) is 47.5 Å². The summed E-state index contributed by atoms with van der Waals surface area (Å²) in [6.45, 7) is 7.77. The molecule has 0 fully saturated rings. The van der Waals surface area contributed by atoms with Gasteiger partial charge in [-0.15, -0.1) is 30.6 Å². The Morgan fingerprint density at radius 1 is 1.43 bits per heavy atom. The van der Waals surface area contributed by atoms with Gasteiger partial charge in [0.1, 0.15) is 0 Å². The molecule has 0 heterocycles. The molecule has 1 rings (SSSR count). The quantitative estimate of drug-likeness (QED) is 0.207. The molecule has 0 radical (unpaired) electrons. The van der Waals surface area contributed by atoms with E-state index in [-0.39, 0.29) is 24.0 Å². The van der Waals surface area contributed by atoms with E-state index in [1.54, 1.807) is 12.1 Å². The fourth-order valence-corrected chi connectivity index (χ4v) is 2.14. The highest BCUT2D eigenvalue weighted by atomic mass is 127. The van der Waals surface area contributed by atoms with E-state index in [9.17, 15) is 5.11 Å². The molecule has 1 aromatic rings. The van der Waals surface area contributed by atoms with E-state index in [0.717, 1.165) is 37.5 Å². The normalized spacial score (nSPS) is 12.3. The van der Waals surface area contributed by atoms with Crippen molar-refractivity contribution in [2.75, 3.05) is 26.7 Å². The number of halogens is 2. The molecule has 4 nitrogen and oxygen atoms in total. The lowest BCUT2D eigenvalue weighted by Crippen LogP contribution is -2.39. The highest BCUT2D eigenvalue weighted by Crippen LogP contribution is 2.16. The average molecular weight is 452 g/mol. The molecule has 0 aliphatic heterocycles. The van der Waals surface area contributed by atoms with Gasteiger partial charge < -0.3 is 15.3 Å². The van der Waals surface area contributed by atoms with Gasteiger partial charge >= 0.3 is 0 Å². The number of allylic oxidation sites excluding steroid dienone is 1. The van der Waals surface area contributed by atoms with E-state index in [4.69, 9.17) is 11.6 Å². The minimum atomic E-state index is -0.632. The first kappa shape index (κ1) is 22.2. The summed E-state index contributed by atoms with van der Waals surface area (Å²) in [4.78, 5) is 6.58. The van der Waals surface area contributed by atoms with Gasteiger partial charge in [-0.05, 0) is 37.5 Å². The minimum absolute atomic E-state index is 0. The molecule has 0 bridgehead atoms. The lowest BCUT2D eigenvalue weighted by Gasteiger charge is -2.22. The summed E-state index contributed by atoms with van der Waals surface area (Å²) in [5.74, 6) is 0.805. The molecule has 0 aliphatic rings. The lowest BCUT2D eigenvalue weighted by atomic mass is 10.1. The minimum Gasteiger partial charge on any atom is -0.386 e. The first-order valence-electron chi connectivity index (χ1n) is 7.62. The summed E-state index contributed by atoms with van der Waals surface area (Å²) in [7, 11) is 2.00. The highest BCUT2D eigenvalue weighted by molar-refractivity contribution is 14.0. The molecule has 2 N–H and O–H groups in total. The third-order valence-electron chi connectivity index (χ3n) is 3.27. The van der Waals surface area contributed by atoms with Gasteiger partial charge in [-0.3, -0.25) is 4.99 Å². The lowest BCUT2D eigenvalue weighted by molar-refractivity contribution is 0.186. The number of aliphatic hydroxyl groups excluding tert-OH is 1. The van der Waals surface area contributed by atoms with E-state index < -0.39 is 6.10 Å². The average Bonchev–Trinajstić information content (AvgIpc) is 2.52. The van der Waals surface area contributed by atoms with E-state index in [0.29, 0.717) is 11.6 Å². The summed E-state index contributed by atoms with van der Waals surface area (Å²) in [5, 5.41) is 14.1. The zero-order chi connectivity index (χ0) is 16.4. The fraction of sp³-hybridized carbons (Fsp3) is 0.471. The Morgan fingerprint density at radius 2 is 2.09 bits per heavy atom. The number of aliphatic imine (C=N–C) groups is 1. The molecule has 1 unspecified atom stereocenters. The summed E-state index contributed by atoms with van der Waals surface area (Å²) >= 11 is 5.85. The second-order valence-corrected chi connectivity index (χ2v) is 5.55. The maximum Gasteiger partial charge on any atom is 0.193 e. The third kappa shape index (κ3) is 8.58. The Balaban J connectivity index is 0.00000484. The number of unbranched alkanes of at least 4 members (excludes halogenated alkanes) is 1. The van der Waals surface area contributed by atoms with Crippen LogP contribution in [0.4, 0.5) is 0 Å². The summed E-state index contributed by atoms with van der Waals surface area (Å²) < 4.78 is 0. The molecule has 0 aliphatic carbocycles. The van der Waals surface area contributed by atoms with Crippen LogP contribution in [0.1, 0.15) is 31.4 Å². The van der Waals surface area contributed by atoms with Gasteiger partial charge in [0.25, 0.3) is 0 Å². The smallest absolute Gasteiger partial charge is 0.193 e. The second kappa shape index (κ2) is 12.6. The van der Waals surface area contributed by atoms with E-state index in [1.807, 2.05) is 32.2 Å². The summed E-state index contributed by atoms with van der Waals surface area (Å²) in [5.41, 5.74) is 0.818. The Morgan fingerprint density at radius 3 is 2.65 bits per heavy atom. The molecule has 6 heteroatoms. The number of hydrogen-bond acceptors (Lipinski definition) is 2. The second-order valence-electron chi connectivity index (χ2n) is 5.11. The van der Waals surface area contributed by atoms with Crippen molar-refractivity contribution in [1.29, 1.82) is 0 Å². The molecule has 0 saturated heterocycles. The van der Waals surface area contributed by atoms with Gasteiger partial charge in [0, 0.05) is 25.2 Å². The van der Waals surface area contributed by atoms with Crippen LogP contribution in [0, 0.1) is 0 Å². The fourth-order valence-electron chi connectivity index (χ4n) is 2.01. The molecule has 0 spiro atoms. The van der Waals surface area contributed by atoms with Crippen molar-refractivity contribution in [3.8, 4) is 0 Å². The van der Waals surface area contributed by atoms with E-state index >= 15 is 0 Å².